The fourth-order valence-electron chi connectivity index (χ4n) is 1.62. The number of nitrogens with two attached hydrogens (primary N) is 2. The van der Waals surface area contributed by atoms with E-state index < -0.39 is 5.69 Å². The molecule has 0 aliphatic rings. The molecular weight excluding hydrogens is 204 g/mol. The number of hydrogen-bond acceptors (Lipinski definition) is 4. The number of aromatic nitrogens is 2. The van der Waals surface area contributed by atoms with Crippen molar-refractivity contribution in [2.75, 3.05) is 11.5 Å². The second-order valence-electron chi connectivity index (χ2n) is 3.55. The van der Waals surface area contributed by atoms with Crippen LogP contribution in [-0.2, 0) is 0 Å². The van der Waals surface area contributed by atoms with E-state index in [0.717, 1.165) is 11.1 Å². The highest BCUT2D eigenvalue weighted by atomic mass is 16.1. The summed E-state index contributed by atoms with van der Waals surface area (Å²) in [6, 6.07) is 7.24. The molecule has 0 spiro atoms. The number of nitrogens with zero attached hydrogens (tertiary/aromatic N) is 1. The van der Waals surface area contributed by atoms with E-state index in [-0.39, 0.29) is 5.82 Å². The molecule has 0 saturated heterocycles. The molecule has 5 N–H and O–H groups in total. The predicted molar refractivity (Wildman–Crippen MR) is 63.9 cm³/mol. The number of benzene rings is 1. The molecule has 0 fully saturated rings. The number of anilines is 2. The van der Waals surface area contributed by atoms with Gasteiger partial charge >= 0.3 is 5.69 Å². The van der Waals surface area contributed by atoms with Crippen LogP contribution < -0.4 is 17.2 Å². The van der Waals surface area contributed by atoms with Gasteiger partial charge in [0.15, 0.2) is 0 Å². The van der Waals surface area contributed by atoms with Crippen molar-refractivity contribution in [3.05, 3.63) is 40.4 Å². The van der Waals surface area contributed by atoms with Gasteiger partial charge in [0.2, 0.25) is 0 Å². The number of nitrogens with one attached hydrogen (secondary N) is 1. The van der Waals surface area contributed by atoms with Gasteiger partial charge in [-0.1, -0.05) is 12.1 Å². The van der Waals surface area contributed by atoms with Gasteiger partial charge in [-0.15, -0.1) is 0 Å². The minimum Gasteiger partial charge on any atom is -0.399 e. The third-order valence-electron chi connectivity index (χ3n) is 2.35. The zero-order valence-corrected chi connectivity index (χ0v) is 8.82. The van der Waals surface area contributed by atoms with Gasteiger partial charge in [0.05, 0.1) is 0 Å². The van der Waals surface area contributed by atoms with Gasteiger partial charge in [0.25, 0.3) is 0 Å². The maximum Gasteiger partial charge on any atom is 0.347 e. The van der Waals surface area contributed by atoms with Crippen LogP contribution in [0.1, 0.15) is 5.69 Å². The molecule has 5 heteroatoms. The van der Waals surface area contributed by atoms with Crippen LogP contribution in [0.15, 0.2) is 29.1 Å². The molecule has 1 aromatic heterocycles. The molecule has 0 atom stereocenters. The molecule has 1 aromatic carbocycles. The van der Waals surface area contributed by atoms with Crippen molar-refractivity contribution in [3.63, 3.8) is 0 Å². The molecule has 0 unspecified atom stereocenters. The van der Waals surface area contributed by atoms with Crippen molar-refractivity contribution in [3.8, 4) is 11.1 Å². The number of nitrogen functional groups attached to an aromatic ring is 2. The molecule has 0 amide bonds. The zero-order valence-electron chi connectivity index (χ0n) is 8.82. The third kappa shape index (κ3) is 1.75. The number of rotatable bonds is 1. The minimum atomic E-state index is -0.436. The highest BCUT2D eigenvalue weighted by Gasteiger charge is 2.08. The number of hydrogen-bond donors (Lipinski definition) is 3. The van der Waals surface area contributed by atoms with Gasteiger partial charge in [0, 0.05) is 16.9 Å². The van der Waals surface area contributed by atoms with E-state index in [1.165, 1.54) is 0 Å². The topological polar surface area (TPSA) is 97.8 Å². The summed E-state index contributed by atoms with van der Waals surface area (Å²) in [6.45, 7) is 1.78. The normalized spacial score (nSPS) is 10.3. The monoisotopic (exact) mass is 216 g/mol. The van der Waals surface area contributed by atoms with Crippen LogP contribution in [-0.4, -0.2) is 9.97 Å². The molecule has 0 aliphatic carbocycles. The molecule has 0 saturated carbocycles. The first-order valence-electron chi connectivity index (χ1n) is 4.80. The van der Waals surface area contributed by atoms with Gasteiger partial charge in [-0.2, -0.15) is 4.98 Å². The van der Waals surface area contributed by atoms with Gasteiger partial charge in [-0.05, 0) is 24.6 Å². The summed E-state index contributed by atoms with van der Waals surface area (Å²) < 4.78 is 0. The number of H-pyrrole nitrogens is 1. The summed E-state index contributed by atoms with van der Waals surface area (Å²) in [6.07, 6.45) is 0. The Morgan fingerprint density at radius 2 is 1.81 bits per heavy atom. The Morgan fingerprint density at radius 1 is 1.19 bits per heavy atom. The average Bonchev–Trinajstić information content (AvgIpc) is 2.19. The summed E-state index contributed by atoms with van der Waals surface area (Å²) in [5.41, 5.74) is 13.9. The van der Waals surface area contributed by atoms with Crippen molar-refractivity contribution >= 4 is 11.5 Å². The first kappa shape index (κ1) is 10.2. The maximum atomic E-state index is 11.1. The smallest absolute Gasteiger partial charge is 0.347 e. The van der Waals surface area contributed by atoms with E-state index in [0.29, 0.717) is 11.4 Å². The summed E-state index contributed by atoms with van der Waals surface area (Å²) in [7, 11) is 0. The lowest BCUT2D eigenvalue weighted by molar-refractivity contribution is 1.04. The third-order valence-corrected chi connectivity index (χ3v) is 2.35. The maximum absolute atomic E-state index is 11.1. The van der Waals surface area contributed by atoms with Gasteiger partial charge in [-0.3, -0.25) is 0 Å². The van der Waals surface area contributed by atoms with Crippen molar-refractivity contribution in [1.29, 1.82) is 0 Å². The lowest BCUT2D eigenvalue weighted by Gasteiger charge is -2.08. The average molecular weight is 216 g/mol. The van der Waals surface area contributed by atoms with Gasteiger partial charge < -0.3 is 16.5 Å². The first-order valence-corrected chi connectivity index (χ1v) is 4.80. The minimum absolute atomic E-state index is 0.228. The molecule has 82 valence electrons. The summed E-state index contributed by atoms with van der Waals surface area (Å²) >= 11 is 0. The number of aromatic amines is 1. The van der Waals surface area contributed by atoms with Crippen LogP contribution >= 0.6 is 0 Å². The Balaban J connectivity index is 2.64. The van der Waals surface area contributed by atoms with Crippen LogP contribution in [0.2, 0.25) is 0 Å². The van der Waals surface area contributed by atoms with Gasteiger partial charge in [-0.25, -0.2) is 4.79 Å². The van der Waals surface area contributed by atoms with Crippen LogP contribution in [0, 0.1) is 6.92 Å². The Labute approximate surface area is 92.1 Å². The Hall–Kier alpha value is -2.30. The highest BCUT2D eigenvalue weighted by Crippen LogP contribution is 2.26. The molecule has 2 aromatic rings. The molecule has 0 radical (unpaired) electrons. The standard InChI is InChI=1S/C11H12N4O/c1-6-9(10(13)15-11(16)14-6)7-2-4-8(12)5-3-7/h2-5H,12H2,1H3,(H3,13,14,15,16). The van der Waals surface area contributed by atoms with Gasteiger partial charge in [0.1, 0.15) is 5.82 Å². The van der Waals surface area contributed by atoms with Crippen molar-refractivity contribution in [2.24, 2.45) is 0 Å². The molecule has 5 nitrogen and oxygen atoms in total. The van der Waals surface area contributed by atoms with E-state index in [1.807, 2.05) is 12.1 Å². The highest BCUT2D eigenvalue weighted by molar-refractivity contribution is 5.76. The van der Waals surface area contributed by atoms with Crippen LogP contribution in [0.5, 0.6) is 0 Å². The lowest BCUT2D eigenvalue weighted by atomic mass is 10.0. The predicted octanol–water partition coefficient (Wildman–Crippen LogP) is 0.910. The lowest BCUT2D eigenvalue weighted by Crippen LogP contribution is -2.15. The molecule has 0 bridgehead atoms. The summed E-state index contributed by atoms with van der Waals surface area (Å²) in [5.74, 6) is 0.228. The summed E-state index contributed by atoms with van der Waals surface area (Å²) in [4.78, 5) is 17.4. The number of aryl methyl sites for hydroxylation is 1. The molecule has 0 aliphatic heterocycles. The van der Waals surface area contributed by atoms with E-state index in [4.69, 9.17) is 11.5 Å². The first-order chi connectivity index (χ1) is 7.58. The molecule has 16 heavy (non-hydrogen) atoms. The summed E-state index contributed by atoms with van der Waals surface area (Å²) in [5, 5.41) is 0. The van der Waals surface area contributed by atoms with Crippen LogP contribution in [0.4, 0.5) is 11.5 Å². The Morgan fingerprint density at radius 3 is 2.38 bits per heavy atom. The van der Waals surface area contributed by atoms with Crippen LogP contribution in [0.3, 0.4) is 0 Å². The molecule has 1 heterocycles. The fraction of sp³-hybridized carbons (Fsp3) is 0.0909. The Kier molecular flexibility index (Phi) is 2.36. The largest absolute Gasteiger partial charge is 0.399 e. The Bertz CT molecular complexity index is 545. The van der Waals surface area contributed by atoms with E-state index in [1.54, 1.807) is 19.1 Å². The second kappa shape index (κ2) is 3.69. The zero-order chi connectivity index (χ0) is 11.7. The second-order valence-corrected chi connectivity index (χ2v) is 3.55. The van der Waals surface area contributed by atoms with Crippen molar-refractivity contribution < 1.29 is 0 Å². The molecule has 2 rings (SSSR count). The van der Waals surface area contributed by atoms with E-state index in [2.05, 4.69) is 9.97 Å². The van der Waals surface area contributed by atoms with E-state index >= 15 is 0 Å². The quantitative estimate of drug-likeness (QED) is 0.617. The molecular formula is C11H12N4O. The van der Waals surface area contributed by atoms with Crippen LogP contribution in [0.25, 0.3) is 11.1 Å². The fourth-order valence-corrected chi connectivity index (χ4v) is 1.62. The van der Waals surface area contributed by atoms with E-state index in [9.17, 15) is 4.79 Å². The SMILES string of the molecule is Cc1[nH]c(=O)nc(N)c1-c1ccc(N)cc1. The van der Waals surface area contributed by atoms with Crippen molar-refractivity contribution in [1.82, 2.24) is 9.97 Å². The van der Waals surface area contributed by atoms with Crippen molar-refractivity contribution in [2.45, 2.75) is 6.92 Å².